The summed E-state index contributed by atoms with van der Waals surface area (Å²) in [4.78, 5) is 17.4. The standard InChI is InChI=1S/C9H6O.C4H6O.C3H4N2/c10-9-6-5-7-3-1-2-4-8(7)9;1-2-4-5-3-1;1-2-5-3-4-1/h1-6H;1,3H,2,4H2;1-3H,(H,4,5). The van der Waals surface area contributed by atoms with E-state index >= 15 is 0 Å². The van der Waals surface area contributed by atoms with Crippen LogP contribution in [0.2, 0.25) is 0 Å². The van der Waals surface area contributed by atoms with E-state index in [0.29, 0.717) is 0 Å². The second-order valence-electron chi connectivity index (χ2n) is 4.08. The number of hydrogen-bond acceptors (Lipinski definition) is 3. The second kappa shape index (κ2) is 7.74. The van der Waals surface area contributed by atoms with Crippen LogP contribution in [0.15, 0.2) is 61.4 Å². The molecule has 2 aliphatic rings. The number of benzene rings is 1. The molecule has 0 saturated heterocycles. The van der Waals surface area contributed by atoms with Gasteiger partial charge in [-0.25, -0.2) is 4.98 Å². The van der Waals surface area contributed by atoms with Gasteiger partial charge in [0, 0.05) is 24.4 Å². The zero-order valence-corrected chi connectivity index (χ0v) is 11.0. The molecule has 0 amide bonds. The van der Waals surface area contributed by atoms with E-state index in [0.717, 1.165) is 24.2 Å². The van der Waals surface area contributed by atoms with Crippen LogP contribution in [0, 0.1) is 0 Å². The molecule has 2 heterocycles. The number of aromatic nitrogens is 2. The largest absolute Gasteiger partial charge is 0.501 e. The number of ether oxygens (including phenoxy) is 1. The van der Waals surface area contributed by atoms with Crippen LogP contribution in [-0.4, -0.2) is 22.4 Å². The average Bonchev–Trinajstić information content (AvgIpc) is 3.26. The number of allylic oxidation sites excluding steroid dienone is 1. The topological polar surface area (TPSA) is 55.0 Å². The van der Waals surface area contributed by atoms with Crippen molar-refractivity contribution in [3.8, 4) is 0 Å². The zero-order chi connectivity index (χ0) is 14.0. The molecule has 20 heavy (non-hydrogen) atoms. The van der Waals surface area contributed by atoms with Crippen LogP contribution in [-0.2, 0) is 4.74 Å². The first-order valence-electron chi connectivity index (χ1n) is 6.39. The summed E-state index contributed by atoms with van der Waals surface area (Å²) in [5, 5.41) is 0. The fourth-order valence-electron chi connectivity index (χ4n) is 1.68. The molecule has 4 heteroatoms. The lowest BCUT2D eigenvalue weighted by Gasteiger charge is -1.92. The van der Waals surface area contributed by atoms with E-state index in [1.807, 2.05) is 36.4 Å². The van der Waals surface area contributed by atoms with Crippen molar-refractivity contribution in [2.24, 2.45) is 0 Å². The molecule has 1 N–H and O–H groups in total. The number of nitrogens with zero attached hydrogens (tertiary/aromatic N) is 1. The van der Waals surface area contributed by atoms with Gasteiger partial charge in [-0.2, -0.15) is 0 Å². The van der Waals surface area contributed by atoms with E-state index in [-0.39, 0.29) is 5.78 Å². The first kappa shape index (κ1) is 13.8. The SMILES string of the molecule is C1=COCC1.O=C1C=Cc2ccccc21.c1c[nH]cn1. The Balaban J connectivity index is 0.000000124. The molecule has 4 nitrogen and oxygen atoms in total. The van der Waals surface area contributed by atoms with E-state index in [2.05, 4.69) is 9.97 Å². The molecule has 102 valence electrons. The van der Waals surface area contributed by atoms with Gasteiger partial charge in [-0.15, -0.1) is 0 Å². The van der Waals surface area contributed by atoms with Gasteiger partial charge in [0.25, 0.3) is 0 Å². The van der Waals surface area contributed by atoms with Crippen LogP contribution in [0.25, 0.3) is 6.08 Å². The molecule has 0 unspecified atom stereocenters. The Morgan fingerprint density at radius 3 is 2.60 bits per heavy atom. The molecule has 0 fully saturated rings. The molecule has 1 aliphatic carbocycles. The predicted octanol–water partition coefficient (Wildman–Crippen LogP) is 3.23. The number of ketones is 1. The zero-order valence-electron chi connectivity index (χ0n) is 11.0. The predicted molar refractivity (Wildman–Crippen MR) is 78.1 cm³/mol. The Morgan fingerprint density at radius 1 is 1.20 bits per heavy atom. The van der Waals surface area contributed by atoms with Crippen molar-refractivity contribution < 1.29 is 9.53 Å². The minimum atomic E-state index is 0.121. The van der Waals surface area contributed by atoms with Crippen LogP contribution < -0.4 is 0 Å². The van der Waals surface area contributed by atoms with E-state index in [1.165, 1.54) is 0 Å². The second-order valence-corrected chi connectivity index (χ2v) is 4.08. The monoisotopic (exact) mass is 268 g/mol. The number of carbonyl (C=O) groups excluding carboxylic acids is 1. The molecular weight excluding hydrogens is 252 g/mol. The summed E-state index contributed by atoms with van der Waals surface area (Å²) in [6.45, 7) is 0.889. The quantitative estimate of drug-likeness (QED) is 0.798. The van der Waals surface area contributed by atoms with Crippen LogP contribution in [0.1, 0.15) is 22.3 Å². The average molecular weight is 268 g/mol. The summed E-state index contributed by atoms with van der Waals surface area (Å²) < 4.78 is 4.76. The van der Waals surface area contributed by atoms with Crippen LogP contribution in [0.3, 0.4) is 0 Å². The first-order valence-corrected chi connectivity index (χ1v) is 6.39. The molecule has 0 spiro atoms. The van der Waals surface area contributed by atoms with Crippen LogP contribution >= 0.6 is 0 Å². The highest BCUT2D eigenvalue weighted by atomic mass is 16.5. The van der Waals surface area contributed by atoms with Crippen LogP contribution in [0.5, 0.6) is 0 Å². The number of H-pyrrole nitrogens is 1. The van der Waals surface area contributed by atoms with Crippen molar-refractivity contribution in [1.29, 1.82) is 0 Å². The van der Waals surface area contributed by atoms with Crippen molar-refractivity contribution in [3.63, 3.8) is 0 Å². The van der Waals surface area contributed by atoms with Crippen molar-refractivity contribution in [2.75, 3.05) is 6.61 Å². The first-order chi connectivity index (χ1) is 9.88. The fraction of sp³-hybridized carbons (Fsp3) is 0.125. The minimum Gasteiger partial charge on any atom is -0.501 e. The van der Waals surface area contributed by atoms with Gasteiger partial charge in [-0.05, 0) is 17.7 Å². The molecule has 0 radical (unpaired) electrons. The summed E-state index contributed by atoms with van der Waals surface area (Å²) in [5.74, 6) is 0.121. The fourth-order valence-corrected chi connectivity index (χ4v) is 1.68. The number of carbonyl (C=O) groups is 1. The highest BCUT2D eigenvalue weighted by Crippen LogP contribution is 2.17. The third kappa shape index (κ3) is 4.24. The molecule has 2 aromatic rings. The maximum absolute atomic E-state index is 11.0. The molecule has 0 saturated carbocycles. The highest BCUT2D eigenvalue weighted by Gasteiger charge is 2.10. The molecular formula is C16H16N2O2. The number of aromatic amines is 1. The minimum absolute atomic E-state index is 0.121. The Bertz CT molecular complexity index is 563. The van der Waals surface area contributed by atoms with E-state index < -0.39 is 0 Å². The van der Waals surface area contributed by atoms with Crippen molar-refractivity contribution in [2.45, 2.75) is 6.42 Å². The van der Waals surface area contributed by atoms with Gasteiger partial charge in [0.15, 0.2) is 5.78 Å². The van der Waals surface area contributed by atoms with Gasteiger partial charge >= 0.3 is 0 Å². The van der Waals surface area contributed by atoms with Gasteiger partial charge in [-0.3, -0.25) is 4.79 Å². The summed E-state index contributed by atoms with van der Waals surface area (Å²) in [5.41, 5.74) is 1.86. The third-order valence-electron chi connectivity index (χ3n) is 2.64. The van der Waals surface area contributed by atoms with Gasteiger partial charge in [0.2, 0.25) is 0 Å². The van der Waals surface area contributed by atoms with Crippen molar-refractivity contribution in [3.05, 3.63) is 72.5 Å². The van der Waals surface area contributed by atoms with Crippen LogP contribution in [0.4, 0.5) is 0 Å². The van der Waals surface area contributed by atoms with Gasteiger partial charge in [-0.1, -0.05) is 30.3 Å². The van der Waals surface area contributed by atoms with Gasteiger partial charge < -0.3 is 9.72 Å². The normalized spacial score (nSPS) is 13.7. The number of nitrogens with one attached hydrogen (secondary N) is 1. The van der Waals surface area contributed by atoms with Gasteiger partial charge in [0.05, 0.1) is 19.2 Å². The Kier molecular flexibility index (Phi) is 5.34. The summed E-state index contributed by atoms with van der Waals surface area (Å²) in [7, 11) is 0. The lowest BCUT2D eigenvalue weighted by Crippen LogP contribution is -1.89. The Hall–Kier alpha value is -2.62. The molecule has 0 bridgehead atoms. The summed E-state index contributed by atoms with van der Waals surface area (Å²) in [6, 6.07) is 7.60. The lowest BCUT2D eigenvalue weighted by atomic mass is 10.1. The molecule has 0 atom stereocenters. The van der Waals surface area contributed by atoms with Crippen molar-refractivity contribution in [1.82, 2.24) is 9.97 Å². The molecule has 1 aliphatic heterocycles. The van der Waals surface area contributed by atoms with E-state index in [1.54, 1.807) is 31.1 Å². The molecule has 1 aromatic heterocycles. The maximum atomic E-state index is 11.0. The van der Waals surface area contributed by atoms with Gasteiger partial charge in [0.1, 0.15) is 0 Å². The summed E-state index contributed by atoms with van der Waals surface area (Å²) in [6.07, 6.45) is 13.4. The maximum Gasteiger partial charge on any atom is 0.186 e. The number of hydrogen-bond donors (Lipinski definition) is 1. The molecule has 1 aromatic carbocycles. The number of rotatable bonds is 0. The van der Waals surface area contributed by atoms with E-state index in [4.69, 9.17) is 4.74 Å². The smallest absolute Gasteiger partial charge is 0.186 e. The highest BCUT2D eigenvalue weighted by molar-refractivity contribution is 6.13. The molecule has 4 rings (SSSR count). The van der Waals surface area contributed by atoms with E-state index in [9.17, 15) is 4.79 Å². The third-order valence-corrected chi connectivity index (χ3v) is 2.64. The van der Waals surface area contributed by atoms with Crippen molar-refractivity contribution >= 4 is 11.9 Å². The Morgan fingerprint density at radius 2 is 2.10 bits per heavy atom. The lowest BCUT2D eigenvalue weighted by molar-refractivity contribution is 0.105. The number of imidazole rings is 1. The summed E-state index contributed by atoms with van der Waals surface area (Å²) >= 11 is 0. The number of fused-ring (bicyclic) bond motifs is 1. The Labute approximate surface area is 117 Å².